The number of anilines is 1. The van der Waals surface area contributed by atoms with Gasteiger partial charge in [0, 0.05) is 11.9 Å². The molecule has 0 aliphatic heterocycles. The number of nitrogens with one attached hydrogen (secondary N) is 1. The highest BCUT2D eigenvalue weighted by Crippen LogP contribution is 2.19. The van der Waals surface area contributed by atoms with Crippen molar-refractivity contribution < 1.29 is 15.0 Å². The molecule has 0 bridgehead atoms. The van der Waals surface area contributed by atoms with Gasteiger partial charge in [-0.1, -0.05) is 6.07 Å². The van der Waals surface area contributed by atoms with Crippen LogP contribution in [0.3, 0.4) is 0 Å². The second-order valence-electron chi connectivity index (χ2n) is 3.52. The number of carboxylic acid groups (broad SMARTS) is 1. The van der Waals surface area contributed by atoms with Crippen molar-refractivity contribution in [3.05, 3.63) is 35.9 Å². The number of pyridine rings is 1. The van der Waals surface area contributed by atoms with Crippen LogP contribution >= 0.6 is 0 Å². The maximum Gasteiger partial charge on any atom is 0.336 e. The van der Waals surface area contributed by atoms with E-state index in [1.165, 1.54) is 0 Å². The summed E-state index contributed by atoms with van der Waals surface area (Å²) in [6.45, 7) is 0.437. The third-order valence-corrected chi connectivity index (χ3v) is 2.38. The summed E-state index contributed by atoms with van der Waals surface area (Å²) in [6.07, 6.45) is 0. The van der Waals surface area contributed by atoms with Gasteiger partial charge in [-0.15, -0.1) is 0 Å². The Labute approximate surface area is 97.7 Å². The lowest BCUT2D eigenvalue weighted by atomic mass is 10.1. The van der Waals surface area contributed by atoms with Crippen LogP contribution in [0, 0.1) is 0 Å². The van der Waals surface area contributed by atoms with Crippen molar-refractivity contribution in [1.82, 2.24) is 4.98 Å². The number of carboxylic acids is 1. The van der Waals surface area contributed by atoms with Crippen LogP contribution in [-0.2, 0) is 0 Å². The monoisotopic (exact) mass is 232 g/mol. The summed E-state index contributed by atoms with van der Waals surface area (Å²) in [5.41, 5.74) is 0.858. The number of benzene rings is 1. The first kappa shape index (κ1) is 11.3. The van der Waals surface area contributed by atoms with E-state index in [1.54, 1.807) is 30.3 Å². The average molecular weight is 232 g/mol. The number of carbonyl (C=O) groups is 1. The summed E-state index contributed by atoms with van der Waals surface area (Å²) < 4.78 is 0. The molecule has 0 amide bonds. The predicted molar refractivity (Wildman–Crippen MR) is 64.3 cm³/mol. The van der Waals surface area contributed by atoms with Crippen LogP contribution in [0.5, 0.6) is 0 Å². The van der Waals surface area contributed by atoms with Crippen molar-refractivity contribution in [2.75, 3.05) is 18.5 Å². The van der Waals surface area contributed by atoms with E-state index in [-0.39, 0.29) is 12.2 Å². The standard InChI is InChI=1S/C12H12N2O3/c15-7-6-13-11-5-4-8-9(12(16)17)2-1-3-10(8)14-11/h1-5,15H,6-7H2,(H,13,14)(H,16,17). The minimum absolute atomic E-state index is 0.0227. The Balaban J connectivity index is 2.45. The van der Waals surface area contributed by atoms with Gasteiger partial charge in [-0.2, -0.15) is 0 Å². The van der Waals surface area contributed by atoms with Crippen LogP contribution in [0.25, 0.3) is 10.9 Å². The van der Waals surface area contributed by atoms with Gasteiger partial charge < -0.3 is 15.5 Å². The molecule has 5 heteroatoms. The molecule has 0 saturated heterocycles. The maximum atomic E-state index is 11.0. The molecule has 0 aliphatic rings. The highest BCUT2D eigenvalue weighted by molar-refractivity contribution is 6.02. The summed E-state index contributed by atoms with van der Waals surface area (Å²) in [4.78, 5) is 15.3. The molecule has 0 spiro atoms. The Morgan fingerprint density at radius 3 is 2.82 bits per heavy atom. The van der Waals surface area contributed by atoms with Crippen molar-refractivity contribution in [2.24, 2.45) is 0 Å². The molecule has 2 rings (SSSR count). The molecule has 0 fully saturated rings. The molecule has 17 heavy (non-hydrogen) atoms. The second-order valence-corrected chi connectivity index (χ2v) is 3.52. The highest BCUT2D eigenvalue weighted by Gasteiger charge is 2.08. The van der Waals surface area contributed by atoms with Gasteiger partial charge >= 0.3 is 5.97 Å². The van der Waals surface area contributed by atoms with Gasteiger partial charge in [0.15, 0.2) is 0 Å². The van der Waals surface area contributed by atoms with Crippen molar-refractivity contribution in [1.29, 1.82) is 0 Å². The Hall–Kier alpha value is -2.14. The number of aromatic nitrogens is 1. The number of nitrogens with zero attached hydrogens (tertiary/aromatic N) is 1. The number of rotatable bonds is 4. The first-order valence-electron chi connectivity index (χ1n) is 5.20. The Bertz CT molecular complexity index is 554. The van der Waals surface area contributed by atoms with Crippen molar-refractivity contribution in [3.8, 4) is 0 Å². The first-order chi connectivity index (χ1) is 8.22. The molecule has 0 atom stereocenters. The Morgan fingerprint density at radius 2 is 2.12 bits per heavy atom. The minimum atomic E-state index is -0.964. The number of aliphatic hydroxyl groups excluding tert-OH is 1. The fourth-order valence-corrected chi connectivity index (χ4v) is 1.62. The lowest BCUT2D eigenvalue weighted by molar-refractivity contribution is 0.0699. The summed E-state index contributed by atoms with van der Waals surface area (Å²) in [5.74, 6) is -0.345. The maximum absolute atomic E-state index is 11.0. The van der Waals surface area contributed by atoms with E-state index >= 15 is 0 Å². The van der Waals surface area contributed by atoms with E-state index in [9.17, 15) is 4.79 Å². The molecule has 1 aromatic heterocycles. The molecule has 3 N–H and O–H groups in total. The molecule has 0 radical (unpaired) electrons. The van der Waals surface area contributed by atoms with E-state index in [0.29, 0.717) is 23.3 Å². The zero-order valence-corrected chi connectivity index (χ0v) is 9.05. The number of aromatic carboxylic acids is 1. The van der Waals surface area contributed by atoms with Crippen LogP contribution in [-0.4, -0.2) is 34.3 Å². The molecular weight excluding hydrogens is 220 g/mol. The summed E-state index contributed by atoms with van der Waals surface area (Å²) in [5, 5.41) is 21.2. The van der Waals surface area contributed by atoms with Gasteiger partial charge in [-0.05, 0) is 24.3 Å². The quantitative estimate of drug-likeness (QED) is 0.741. The van der Waals surface area contributed by atoms with Crippen molar-refractivity contribution in [3.63, 3.8) is 0 Å². The summed E-state index contributed by atoms with van der Waals surface area (Å²) in [6, 6.07) is 8.38. The molecule has 2 aromatic rings. The summed E-state index contributed by atoms with van der Waals surface area (Å²) in [7, 11) is 0. The third-order valence-electron chi connectivity index (χ3n) is 2.38. The Morgan fingerprint density at radius 1 is 1.29 bits per heavy atom. The van der Waals surface area contributed by atoms with Gasteiger partial charge in [0.2, 0.25) is 0 Å². The Kier molecular flexibility index (Phi) is 3.20. The highest BCUT2D eigenvalue weighted by atomic mass is 16.4. The fourth-order valence-electron chi connectivity index (χ4n) is 1.62. The van der Waals surface area contributed by atoms with Gasteiger partial charge in [0.25, 0.3) is 0 Å². The molecule has 0 aliphatic carbocycles. The molecule has 5 nitrogen and oxygen atoms in total. The lowest BCUT2D eigenvalue weighted by Crippen LogP contribution is -2.07. The predicted octanol–water partition coefficient (Wildman–Crippen LogP) is 1.34. The average Bonchev–Trinajstić information content (AvgIpc) is 2.35. The largest absolute Gasteiger partial charge is 0.478 e. The van der Waals surface area contributed by atoms with Gasteiger partial charge in [0.05, 0.1) is 17.7 Å². The topological polar surface area (TPSA) is 82.5 Å². The molecule has 1 aromatic carbocycles. The minimum Gasteiger partial charge on any atom is -0.478 e. The lowest BCUT2D eigenvalue weighted by Gasteiger charge is -2.06. The zero-order chi connectivity index (χ0) is 12.3. The normalized spacial score (nSPS) is 10.4. The van der Waals surface area contributed by atoms with Crippen LogP contribution in [0.4, 0.5) is 5.82 Å². The van der Waals surface area contributed by atoms with Crippen LogP contribution < -0.4 is 5.32 Å². The van der Waals surface area contributed by atoms with Crippen LogP contribution in [0.15, 0.2) is 30.3 Å². The van der Waals surface area contributed by atoms with E-state index in [2.05, 4.69) is 10.3 Å². The molecule has 0 saturated carbocycles. The van der Waals surface area contributed by atoms with E-state index in [4.69, 9.17) is 10.2 Å². The molecule has 0 unspecified atom stereocenters. The number of hydrogen-bond acceptors (Lipinski definition) is 4. The smallest absolute Gasteiger partial charge is 0.336 e. The number of fused-ring (bicyclic) bond motifs is 1. The van der Waals surface area contributed by atoms with E-state index in [0.717, 1.165) is 0 Å². The first-order valence-corrected chi connectivity index (χ1v) is 5.20. The number of hydrogen-bond donors (Lipinski definition) is 3. The van der Waals surface area contributed by atoms with Crippen molar-refractivity contribution in [2.45, 2.75) is 0 Å². The zero-order valence-electron chi connectivity index (χ0n) is 9.05. The van der Waals surface area contributed by atoms with E-state index in [1.807, 2.05) is 0 Å². The molecule has 1 heterocycles. The van der Waals surface area contributed by atoms with Gasteiger partial charge in [0.1, 0.15) is 5.82 Å². The van der Waals surface area contributed by atoms with Crippen molar-refractivity contribution >= 4 is 22.7 Å². The van der Waals surface area contributed by atoms with Crippen LogP contribution in [0.1, 0.15) is 10.4 Å². The second kappa shape index (κ2) is 4.80. The van der Waals surface area contributed by atoms with Gasteiger partial charge in [-0.25, -0.2) is 9.78 Å². The summed E-state index contributed by atoms with van der Waals surface area (Å²) >= 11 is 0. The fraction of sp³-hybridized carbons (Fsp3) is 0.167. The SMILES string of the molecule is O=C(O)c1cccc2nc(NCCO)ccc12. The number of aliphatic hydroxyl groups is 1. The molecular formula is C12H12N2O3. The van der Waals surface area contributed by atoms with E-state index < -0.39 is 5.97 Å². The van der Waals surface area contributed by atoms with Gasteiger partial charge in [-0.3, -0.25) is 0 Å². The third kappa shape index (κ3) is 2.34. The molecule has 88 valence electrons. The van der Waals surface area contributed by atoms with Crippen LogP contribution in [0.2, 0.25) is 0 Å².